The van der Waals surface area contributed by atoms with Gasteiger partial charge < -0.3 is 19.4 Å². The first-order chi connectivity index (χ1) is 9.63. The van der Waals surface area contributed by atoms with Crippen molar-refractivity contribution in [2.75, 3.05) is 13.1 Å². The molecule has 0 unspecified atom stereocenters. The van der Waals surface area contributed by atoms with Crippen LogP contribution in [0.25, 0.3) is 11.0 Å². The lowest BCUT2D eigenvalue weighted by molar-refractivity contribution is 0.266. The van der Waals surface area contributed by atoms with E-state index in [0.717, 1.165) is 29.7 Å². The molecule has 0 aliphatic carbocycles. The normalized spacial score (nSPS) is 19.9. The van der Waals surface area contributed by atoms with Gasteiger partial charge in [-0.15, -0.1) is 0 Å². The van der Waals surface area contributed by atoms with Gasteiger partial charge in [-0.05, 0) is 43.9 Å². The molecule has 1 saturated heterocycles. The Morgan fingerprint density at radius 2 is 2.20 bits per heavy atom. The summed E-state index contributed by atoms with van der Waals surface area (Å²) < 4.78 is 5.81. The van der Waals surface area contributed by atoms with Crippen LogP contribution in [0.1, 0.15) is 25.5 Å². The molecule has 1 aromatic carbocycles. The van der Waals surface area contributed by atoms with E-state index in [1.807, 2.05) is 6.07 Å². The molecule has 2 aromatic rings. The summed E-state index contributed by atoms with van der Waals surface area (Å²) in [5.74, 6) is 0.962. The van der Waals surface area contributed by atoms with E-state index in [-0.39, 0.29) is 0 Å². The van der Waals surface area contributed by atoms with E-state index in [2.05, 4.69) is 11.8 Å². The summed E-state index contributed by atoms with van der Waals surface area (Å²) in [5.41, 5.74) is 1.30. The van der Waals surface area contributed by atoms with Crippen LogP contribution < -0.4 is 5.46 Å². The fourth-order valence-corrected chi connectivity index (χ4v) is 2.98. The third-order valence-electron chi connectivity index (χ3n) is 4.23. The molecule has 2 heterocycles. The zero-order valence-corrected chi connectivity index (χ0v) is 11.7. The minimum absolute atomic E-state index is 0.498. The van der Waals surface area contributed by atoms with Crippen LogP contribution in [0.15, 0.2) is 28.7 Å². The van der Waals surface area contributed by atoms with E-state index in [4.69, 9.17) is 4.42 Å². The molecule has 0 radical (unpaired) electrons. The molecule has 1 aromatic heterocycles. The predicted octanol–water partition coefficient (Wildman–Crippen LogP) is 1.14. The molecule has 1 fully saturated rings. The van der Waals surface area contributed by atoms with E-state index in [0.29, 0.717) is 11.5 Å². The Balaban J connectivity index is 1.72. The lowest BCUT2D eigenvalue weighted by Crippen LogP contribution is -2.29. The summed E-state index contributed by atoms with van der Waals surface area (Å²) in [4.78, 5) is 2.50. The second kappa shape index (κ2) is 5.60. The van der Waals surface area contributed by atoms with Crippen LogP contribution in [-0.4, -0.2) is 41.2 Å². The quantitative estimate of drug-likeness (QED) is 0.820. The van der Waals surface area contributed by atoms with Gasteiger partial charge in [0, 0.05) is 24.4 Å². The fraction of sp³-hybridized carbons (Fsp3) is 0.467. The lowest BCUT2D eigenvalue weighted by atomic mass is 9.80. The lowest BCUT2D eigenvalue weighted by Gasteiger charge is -2.19. The van der Waals surface area contributed by atoms with Gasteiger partial charge in [0.1, 0.15) is 11.3 Å². The van der Waals surface area contributed by atoms with Gasteiger partial charge in [-0.25, -0.2) is 0 Å². The van der Waals surface area contributed by atoms with Crippen molar-refractivity contribution in [3.63, 3.8) is 0 Å². The van der Waals surface area contributed by atoms with Crippen LogP contribution in [0.3, 0.4) is 0 Å². The highest BCUT2D eigenvalue weighted by atomic mass is 16.4. The summed E-state index contributed by atoms with van der Waals surface area (Å²) >= 11 is 0. The third kappa shape index (κ3) is 2.75. The van der Waals surface area contributed by atoms with Gasteiger partial charge in [0.15, 0.2) is 0 Å². The molecule has 1 aliphatic rings. The molecular weight excluding hydrogens is 253 g/mol. The molecule has 20 heavy (non-hydrogen) atoms. The van der Waals surface area contributed by atoms with Gasteiger partial charge in [0.05, 0.1) is 0 Å². The maximum Gasteiger partial charge on any atom is 0.488 e. The maximum atomic E-state index is 9.18. The molecule has 0 spiro atoms. The molecular formula is C15H20BNO3. The summed E-state index contributed by atoms with van der Waals surface area (Å²) in [6, 6.07) is 7.93. The molecule has 0 amide bonds. The average Bonchev–Trinajstić information content (AvgIpc) is 3.00. The first-order valence-electron chi connectivity index (χ1n) is 7.26. The topological polar surface area (TPSA) is 56.8 Å². The summed E-state index contributed by atoms with van der Waals surface area (Å²) in [7, 11) is -1.43. The van der Waals surface area contributed by atoms with Gasteiger partial charge in [-0.1, -0.05) is 12.1 Å². The standard InChI is InChI=1S/C15H20BNO3/c1-11-3-2-7-17(11)8-6-14-10-12-9-13(16(18)19)4-5-15(12)20-14/h4-5,9-11,18-19H,2-3,6-8H2,1H3/t11-/m1/s1. The van der Waals surface area contributed by atoms with Crippen LogP contribution in [0.4, 0.5) is 0 Å². The van der Waals surface area contributed by atoms with Crippen LogP contribution in [-0.2, 0) is 6.42 Å². The monoisotopic (exact) mass is 273 g/mol. The van der Waals surface area contributed by atoms with Crippen LogP contribution in [0, 0.1) is 0 Å². The minimum Gasteiger partial charge on any atom is -0.461 e. The Kier molecular flexibility index (Phi) is 3.83. The van der Waals surface area contributed by atoms with Gasteiger partial charge >= 0.3 is 7.12 Å². The van der Waals surface area contributed by atoms with E-state index < -0.39 is 7.12 Å². The fourth-order valence-electron chi connectivity index (χ4n) is 2.98. The van der Waals surface area contributed by atoms with E-state index in [9.17, 15) is 10.0 Å². The molecule has 0 saturated carbocycles. The van der Waals surface area contributed by atoms with Crippen molar-refractivity contribution in [3.05, 3.63) is 30.0 Å². The average molecular weight is 273 g/mol. The Morgan fingerprint density at radius 3 is 2.90 bits per heavy atom. The van der Waals surface area contributed by atoms with Crippen molar-refractivity contribution in [1.29, 1.82) is 0 Å². The maximum absolute atomic E-state index is 9.18. The SMILES string of the molecule is C[C@@H]1CCCN1CCc1cc2cc(B(O)O)ccc2o1. The number of hydrogen-bond donors (Lipinski definition) is 2. The summed E-state index contributed by atoms with van der Waals surface area (Å²) in [5, 5.41) is 19.3. The number of likely N-dealkylation sites (tertiary alicyclic amines) is 1. The van der Waals surface area contributed by atoms with Gasteiger partial charge in [0.2, 0.25) is 0 Å². The molecule has 1 atom stereocenters. The minimum atomic E-state index is -1.43. The number of fused-ring (bicyclic) bond motifs is 1. The summed E-state index contributed by atoms with van der Waals surface area (Å²) in [6.45, 7) is 4.49. The molecule has 2 N–H and O–H groups in total. The van der Waals surface area contributed by atoms with Crippen molar-refractivity contribution in [2.24, 2.45) is 0 Å². The van der Waals surface area contributed by atoms with Crippen molar-refractivity contribution >= 4 is 23.6 Å². The van der Waals surface area contributed by atoms with Crippen LogP contribution in [0.2, 0.25) is 0 Å². The Morgan fingerprint density at radius 1 is 1.35 bits per heavy atom. The van der Waals surface area contributed by atoms with Crippen molar-refractivity contribution in [3.8, 4) is 0 Å². The highest BCUT2D eigenvalue weighted by molar-refractivity contribution is 6.58. The molecule has 1 aliphatic heterocycles. The molecule has 4 nitrogen and oxygen atoms in total. The van der Waals surface area contributed by atoms with Crippen LogP contribution >= 0.6 is 0 Å². The predicted molar refractivity (Wildman–Crippen MR) is 80.0 cm³/mol. The third-order valence-corrected chi connectivity index (χ3v) is 4.23. The van der Waals surface area contributed by atoms with Gasteiger partial charge in [0.25, 0.3) is 0 Å². The molecule has 0 bridgehead atoms. The van der Waals surface area contributed by atoms with E-state index >= 15 is 0 Å². The zero-order valence-electron chi connectivity index (χ0n) is 11.7. The van der Waals surface area contributed by atoms with Crippen molar-refractivity contribution < 1.29 is 14.5 Å². The first kappa shape index (κ1) is 13.7. The number of nitrogens with zero attached hydrogens (tertiary/aromatic N) is 1. The Labute approximate surface area is 119 Å². The van der Waals surface area contributed by atoms with E-state index in [1.54, 1.807) is 18.2 Å². The second-order valence-electron chi connectivity index (χ2n) is 5.66. The second-order valence-corrected chi connectivity index (χ2v) is 5.66. The van der Waals surface area contributed by atoms with E-state index in [1.165, 1.54) is 19.4 Å². The smallest absolute Gasteiger partial charge is 0.461 e. The number of benzene rings is 1. The zero-order chi connectivity index (χ0) is 14.1. The number of furan rings is 1. The highest BCUT2D eigenvalue weighted by Crippen LogP contribution is 2.21. The Bertz CT molecular complexity index is 596. The van der Waals surface area contributed by atoms with Crippen molar-refractivity contribution in [1.82, 2.24) is 4.90 Å². The highest BCUT2D eigenvalue weighted by Gasteiger charge is 2.20. The van der Waals surface area contributed by atoms with Gasteiger partial charge in [-0.2, -0.15) is 0 Å². The molecule has 5 heteroatoms. The Hall–Kier alpha value is -1.30. The van der Waals surface area contributed by atoms with Gasteiger partial charge in [-0.3, -0.25) is 0 Å². The van der Waals surface area contributed by atoms with Crippen molar-refractivity contribution in [2.45, 2.75) is 32.2 Å². The van der Waals surface area contributed by atoms with Crippen LogP contribution in [0.5, 0.6) is 0 Å². The number of hydrogen-bond acceptors (Lipinski definition) is 4. The largest absolute Gasteiger partial charge is 0.488 e. The molecule has 3 rings (SSSR count). The molecule has 106 valence electrons. The summed E-state index contributed by atoms with van der Waals surface area (Å²) in [6.07, 6.45) is 3.48. The number of rotatable bonds is 4. The first-order valence-corrected chi connectivity index (χ1v) is 7.26.